The van der Waals surface area contributed by atoms with Crippen molar-refractivity contribution in [1.82, 2.24) is 0 Å². The van der Waals surface area contributed by atoms with Crippen molar-refractivity contribution in [2.75, 3.05) is 0 Å². The monoisotopic (exact) mass is 158 g/mol. The fourth-order valence-electron chi connectivity index (χ4n) is 1.15. The molecule has 0 radical (unpaired) electrons. The van der Waals surface area contributed by atoms with Gasteiger partial charge in [0, 0.05) is 0 Å². The van der Waals surface area contributed by atoms with Gasteiger partial charge in [-0.25, -0.2) is 0 Å². The van der Waals surface area contributed by atoms with E-state index < -0.39 is 0 Å². The van der Waals surface area contributed by atoms with Crippen LogP contribution in [-0.4, -0.2) is 6.17 Å². The third kappa shape index (κ3) is 4.38. The van der Waals surface area contributed by atoms with Crippen molar-refractivity contribution in [3.05, 3.63) is 0 Å². The second-order valence-electron chi connectivity index (χ2n) is 4.28. The van der Waals surface area contributed by atoms with Crippen LogP contribution in [0.5, 0.6) is 0 Å². The van der Waals surface area contributed by atoms with Crippen molar-refractivity contribution in [3.63, 3.8) is 0 Å². The molecule has 0 heterocycles. The minimum absolute atomic E-state index is 0.166. The zero-order valence-corrected chi connectivity index (χ0v) is 8.22. The number of nitrogens with two attached hydrogens (primary N) is 2. The molecule has 68 valence electrons. The van der Waals surface area contributed by atoms with Crippen LogP contribution in [0.15, 0.2) is 0 Å². The Balaban J connectivity index is 3.83. The van der Waals surface area contributed by atoms with Gasteiger partial charge in [-0.2, -0.15) is 0 Å². The van der Waals surface area contributed by atoms with Crippen LogP contribution in [0.3, 0.4) is 0 Å². The first kappa shape index (κ1) is 10.9. The maximum absolute atomic E-state index is 5.58. The maximum Gasteiger partial charge on any atom is 0.0547 e. The molecule has 0 spiro atoms. The van der Waals surface area contributed by atoms with Crippen LogP contribution >= 0.6 is 0 Å². The predicted octanol–water partition coefficient (Wildman–Crippen LogP) is 1.69. The van der Waals surface area contributed by atoms with Crippen LogP contribution in [0.1, 0.15) is 40.5 Å². The molecule has 11 heavy (non-hydrogen) atoms. The highest BCUT2D eigenvalue weighted by Gasteiger charge is 2.20. The van der Waals surface area contributed by atoms with Gasteiger partial charge in [0.15, 0.2) is 0 Å². The lowest BCUT2D eigenvalue weighted by Crippen LogP contribution is -2.39. The van der Waals surface area contributed by atoms with Gasteiger partial charge in [-0.05, 0) is 17.8 Å². The lowest BCUT2D eigenvalue weighted by molar-refractivity contribution is 0.246. The molecule has 0 fully saturated rings. The van der Waals surface area contributed by atoms with Gasteiger partial charge in [0.05, 0.1) is 6.17 Å². The van der Waals surface area contributed by atoms with E-state index in [2.05, 4.69) is 27.7 Å². The molecule has 0 saturated carbocycles. The SMILES string of the molecule is CCC(C)(C)CC(C)C(N)N. The molecule has 0 amide bonds. The van der Waals surface area contributed by atoms with Crippen molar-refractivity contribution >= 4 is 0 Å². The van der Waals surface area contributed by atoms with E-state index in [-0.39, 0.29) is 6.17 Å². The van der Waals surface area contributed by atoms with E-state index in [0.717, 1.165) is 6.42 Å². The highest BCUT2D eigenvalue weighted by molar-refractivity contribution is 4.73. The first-order valence-corrected chi connectivity index (χ1v) is 4.40. The van der Waals surface area contributed by atoms with Crippen molar-refractivity contribution in [1.29, 1.82) is 0 Å². The summed E-state index contributed by atoms with van der Waals surface area (Å²) in [6.45, 7) is 8.83. The van der Waals surface area contributed by atoms with E-state index in [9.17, 15) is 0 Å². The first-order valence-electron chi connectivity index (χ1n) is 4.40. The van der Waals surface area contributed by atoms with Gasteiger partial charge in [-0.15, -0.1) is 0 Å². The molecule has 4 N–H and O–H groups in total. The normalized spacial score (nSPS) is 15.5. The lowest BCUT2D eigenvalue weighted by atomic mass is 9.80. The molecule has 1 atom stereocenters. The summed E-state index contributed by atoms with van der Waals surface area (Å²) in [5, 5.41) is 0. The van der Waals surface area contributed by atoms with Gasteiger partial charge in [-0.3, -0.25) is 0 Å². The van der Waals surface area contributed by atoms with Gasteiger partial charge in [-0.1, -0.05) is 34.1 Å². The van der Waals surface area contributed by atoms with Gasteiger partial charge in [0.25, 0.3) is 0 Å². The third-order valence-corrected chi connectivity index (χ3v) is 2.49. The molecule has 0 aromatic rings. The zero-order valence-electron chi connectivity index (χ0n) is 8.22. The Bertz CT molecular complexity index is 108. The average Bonchev–Trinajstić information content (AvgIpc) is 1.87. The smallest absolute Gasteiger partial charge is 0.0547 e. The predicted molar refractivity (Wildman–Crippen MR) is 50.0 cm³/mol. The molecule has 0 aromatic carbocycles. The maximum atomic E-state index is 5.58. The zero-order chi connectivity index (χ0) is 9.07. The molecule has 0 aliphatic carbocycles. The fourth-order valence-corrected chi connectivity index (χ4v) is 1.15. The summed E-state index contributed by atoms with van der Waals surface area (Å²) >= 11 is 0. The van der Waals surface area contributed by atoms with Crippen molar-refractivity contribution in [2.45, 2.75) is 46.7 Å². The van der Waals surface area contributed by atoms with Crippen LogP contribution in [0.25, 0.3) is 0 Å². The molecule has 0 aliphatic heterocycles. The summed E-state index contributed by atoms with van der Waals surface area (Å²) in [6, 6.07) is 0. The molecule has 1 unspecified atom stereocenters. The van der Waals surface area contributed by atoms with E-state index in [1.54, 1.807) is 0 Å². The Morgan fingerprint density at radius 3 is 2.00 bits per heavy atom. The van der Waals surface area contributed by atoms with Gasteiger partial charge < -0.3 is 11.5 Å². The Hall–Kier alpha value is -0.0800. The van der Waals surface area contributed by atoms with Crippen LogP contribution in [0, 0.1) is 11.3 Å². The van der Waals surface area contributed by atoms with Gasteiger partial charge in [0.1, 0.15) is 0 Å². The number of hydrogen-bond donors (Lipinski definition) is 2. The van der Waals surface area contributed by atoms with Crippen molar-refractivity contribution in [3.8, 4) is 0 Å². The summed E-state index contributed by atoms with van der Waals surface area (Å²) in [4.78, 5) is 0. The topological polar surface area (TPSA) is 52.0 Å². The van der Waals surface area contributed by atoms with Crippen molar-refractivity contribution in [2.24, 2.45) is 22.8 Å². The average molecular weight is 158 g/mol. The van der Waals surface area contributed by atoms with Crippen LogP contribution in [0.4, 0.5) is 0 Å². The highest BCUT2D eigenvalue weighted by atomic mass is 14.9. The van der Waals surface area contributed by atoms with E-state index in [1.165, 1.54) is 6.42 Å². The van der Waals surface area contributed by atoms with E-state index in [1.807, 2.05) is 0 Å². The van der Waals surface area contributed by atoms with Crippen molar-refractivity contribution < 1.29 is 0 Å². The molecular weight excluding hydrogens is 136 g/mol. The fraction of sp³-hybridized carbons (Fsp3) is 1.00. The third-order valence-electron chi connectivity index (χ3n) is 2.49. The van der Waals surface area contributed by atoms with Crippen LogP contribution < -0.4 is 11.5 Å². The lowest BCUT2D eigenvalue weighted by Gasteiger charge is -2.28. The van der Waals surface area contributed by atoms with Crippen LogP contribution in [0.2, 0.25) is 0 Å². The Morgan fingerprint density at radius 1 is 1.27 bits per heavy atom. The van der Waals surface area contributed by atoms with E-state index in [0.29, 0.717) is 11.3 Å². The molecular formula is C9H22N2. The van der Waals surface area contributed by atoms with E-state index in [4.69, 9.17) is 11.5 Å². The second kappa shape index (κ2) is 4.07. The second-order valence-corrected chi connectivity index (χ2v) is 4.28. The molecule has 2 nitrogen and oxygen atoms in total. The summed E-state index contributed by atoms with van der Waals surface area (Å²) in [6.07, 6.45) is 2.13. The Kier molecular flexibility index (Phi) is 4.04. The van der Waals surface area contributed by atoms with E-state index >= 15 is 0 Å². The largest absolute Gasteiger partial charge is 0.316 e. The molecule has 0 rings (SSSR count). The summed E-state index contributed by atoms with van der Waals surface area (Å²) < 4.78 is 0. The molecule has 0 aliphatic rings. The summed E-state index contributed by atoms with van der Waals surface area (Å²) in [5.74, 6) is 0.421. The molecule has 0 saturated heterocycles. The Morgan fingerprint density at radius 2 is 1.73 bits per heavy atom. The Labute approximate surface area is 70.3 Å². The molecule has 2 heteroatoms. The minimum atomic E-state index is -0.166. The summed E-state index contributed by atoms with van der Waals surface area (Å²) in [7, 11) is 0. The van der Waals surface area contributed by atoms with Gasteiger partial charge in [0.2, 0.25) is 0 Å². The first-order chi connectivity index (χ1) is 4.89. The summed E-state index contributed by atoms with van der Waals surface area (Å²) in [5.41, 5.74) is 11.5. The number of hydrogen-bond acceptors (Lipinski definition) is 2. The van der Waals surface area contributed by atoms with Crippen LogP contribution in [-0.2, 0) is 0 Å². The quantitative estimate of drug-likeness (QED) is 0.612. The minimum Gasteiger partial charge on any atom is -0.316 e. The molecule has 0 aromatic heterocycles. The van der Waals surface area contributed by atoms with Gasteiger partial charge >= 0.3 is 0 Å². The highest BCUT2D eigenvalue weighted by Crippen LogP contribution is 2.28. The standard InChI is InChI=1S/C9H22N2/c1-5-9(3,4)6-7(2)8(10)11/h7-8H,5-6,10-11H2,1-4H3. The molecule has 0 bridgehead atoms. The number of rotatable bonds is 4.